The van der Waals surface area contributed by atoms with Crippen LogP contribution in [0.25, 0.3) is 5.82 Å². The zero-order valence-corrected chi connectivity index (χ0v) is 9.34. The Hall–Kier alpha value is -1.91. The van der Waals surface area contributed by atoms with Crippen LogP contribution in [0.3, 0.4) is 0 Å². The Labute approximate surface area is 93.1 Å². The van der Waals surface area contributed by atoms with Gasteiger partial charge in [-0.25, -0.2) is 0 Å². The van der Waals surface area contributed by atoms with E-state index in [-0.39, 0.29) is 5.56 Å². The number of rotatable bonds is 3. The molecule has 2 aromatic heterocycles. The van der Waals surface area contributed by atoms with Crippen LogP contribution >= 0.6 is 0 Å². The molecule has 2 aromatic rings. The van der Waals surface area contributed by atoms with Gasteiger partial charge >= 0.3 is 0 Å². The summed E-state index contributed by atoms with van der Waals surface area (Å²) in [5.74, 6) is 1.02. The molecule has 5 heteroatoms. The summed E-state index contributed by atoms with van der Waals surface area (Å²) >= 11 is 0. The highest BCUT2D eigenvalue weighted by atomic mass is 16.1. The molecule has 0 saturated heterocycles. The Balaban J connectivity index is 2.36. The number of nitrogens with zero attached hydrogens (tertiary/aromatic N) is 3. The van der Waals surface area contributed by atoms with Crippen LogP contribution in [-0.2, 0) is 6.42 Å². The second-order valence-corrected chi connectivity index (χ2v) is 4.13. The normalized spacial score (nSPS) is 10.9. The van der Waals surface area contributed by atoms with Crippen LogP contribution in [0, 0.1) is 5.92 Å². The van der Waals surface area contributed by atoms with Crippen LogP contribution < -0.4 is 5.56 Å². The minimum atomic E-state index is -0.101. The summed E-state index contributed by atoms with van der Waals surface area (Å²) in [7, 11) is 0. The standard InChI is InChI=1S/C11H14N4O/c1-8(2)6-9-7-11(16)15(14-9)10-4-3-5-12-13-10/h3-5,7-8,14H,6H2,1-2H3. The van der Waals surface area contributed by atoms with Crippen LogP contribution in [0.15, 0.2) is 29.2 Å². The monoisotopic (exact) mass is 218 g/mol. The number of aromatic nitrogens is 4. The first kappa shape index (κ1) is 10.6. The maximum atomic E-state index is 11.7. The lowest BCUT2D eigenvalue weighted by atomic mass is 10.1. The number of hydrogen-bond donors (Lipinski definition) is 1. The largest absolute Gasteiger partial charge is 0.294 e. The third-order valence-electron chi connectivity index (χ3n) is 2.19. The molecule has 0 fully saturated rings. The summed E-state index contributed by atoms with van der Waals surface area (Å²) in [4.78, 5) is 11.7. The van der Waals surface area contributed by atoms with Gasteiger partial charge in [-0.3, -0.25) is 9.89 Å². The van der Waals surface area contributed by atoms with Gasteiger partial charge in [0.15, 0.2) is 5.82 Å². The smallest absolute Gasteiger partial charge is 0.272 e. The first-order valence-corrected chi connectivity index (χ1v) is 5.26. The molecule has 0 unspecified atom stereocenters. The van der Waals surface area contributed by atoms with E-state index in [0.29, 0.717) is 11.7 Å². The van der Waals surface area contributed by atoms with Gasteiger partial charge in [0.2, 0.25) is 0 Å². The van der Waals surface area contributed by atoms with Crippen molar-refractivity contribution in [3.63, 3.8) is 0 Å². The van der Waals surface area contributed by atoms with Crippen molar-refractivity contribution in [3.8, 4) is 5.82 Å². The van der Waals surface area contributed by atoms with E-state index < -0.39 is 0 Å². The Morgan fingerprint density at radius 1 is 1.50 bits per heavy atom. The predicted molar refractivity (Wildman–Crippen MR) is 60.5 cm³/mol. The molecule has 0 aliphatic carbocycles. The van der Waals surface area contributed by atoms with Crippen molar-refractivity contribution in [1.82, 2.24) is 20.0 Å². The molecule has 2 rings (SSSR count). The lowest BCUT2D eigenvalue weighted by Gasteiger charge is -2.01. The number of aromatic amines is 1. The van der Waals surface area contributed by atoms with E-state index in [2.05, 4.69) is 29.1 Å². The highest BCUT2D eigenvalue weighted by Gasteiger charge is 2.07. The first-order valence-electron chi connectivity index (χ1n) is 5.26. The highest BCUT2D eigenvalue weighted by Crippen LogP contribution is 2.04. The van der Waals surface area contributed by atoms with Gasteiger partial charge in [0, 0.05) is 18.0 Å². The van der Waals surface area contributed by atoms with Crippen molar-refractivity contribution in [3.05, 3.63) is 40.4 Å². The van der Waals surface area contributed by atoms with E-state index in [1.807, 2.05) is 0 Å². The van der Waals surface area contributed by atoms with Crippen LogP contribution in [0.4, 0.5) is 0 Å². The predicted octanol–water partition coefficient (Wildman–Crippen LogP) is 1.15. The molecule has 1 N–H and O–H groups in total. The summed E-state index contributed by atoms with van der Waals surface area (Å²) in [5.41, 5.74) is 0.821. The van der Waals surface area contributed by atoms with Crippen molar-refractivity contribution in [2.24, 2.45) is 5.92 Å². The molecule has 0 radical (unpaired) electrons. The lowest BCUT2D eigenvalue weighted by molar-refractivity contribution is 0.626. The van der Waals surface area contributed by atoms with Crippen LogP contribution in [-0.4, -0.2) is 20.0 Å². The molecule has 0 atom stereocenters. The molecular formula is C11H14N4O. The summed E-state index contributed by atoms with van der Waals surface area (Å²) in [6, 6.07) is 5.09. The second-order valence-electron chi connectivity index (χ2n) is 4.13. The van der Waals surface area contributed by atoms with E-state index >= 15 is 0 Å². The Bertz CT molecular complexity index is 512. The van der Waals surface area contributed by atoms with E-state index in [1.165, 1.54) is 4.68 Å². The molecule has 0 spiro atoms. The topological polar surface area (TPSA) is 63.6 Å². The molecule has 5 nitrogen and oxygen atoms in total. The van der Waals surface area contributed by atoms with E-state index in [0.717, 1.165) is 12.1 Å². The summed E-state index contributed by atoms with van der Waals surface area (Å²) in [6.45, 7) is 4.22. The lowest BCUT2D eigenvalue weighted by Crippen LogP contribution is -2.15. The molecule has 0 aliphatic rings. The molecule has 16 heavy (non-hydrogen) atoms. The van der Waals surface area contributed by atoms with Gasteiger partial charge in [0.25, 0.3) is 5.56 Å². The van der Waals surface area contributed by atoms with Gasteiger partial charge in [-0.1, -0.05) is 13.8 Å². The van der Waals surface area contributed by atoms with Gasteiger partial charge in [0.05, 0.1) is 0 Å². The summed E-state index contributed by atoms with van der Waals surface area (Å²) < 4.78 is 1.41. The summed E-state index contributed by atoms with van der Waals surface area (Å²) in [5, 5.41) is 10.7. The average molecular weight is 218 g/mol. The Kier molecular flexibility index (Phi) is 2.85. The zero-order valence-electron chi connectivity index (χ0n) is 9.34. The van der Waals surface area contributed by atoms with Crippen LogP contribution in [0.2, 0.25) is 0 Å². The molecule has 0 aliphatic heterocycles. The van der Waals surface area contributed by atoms with Gasteiger partial charge < -0.3 is 0 Å². The molecule has 2 heterocycles. The molecule has 0 amide bonds. The highest BCUT2D eigenvalue weighted by molar-refractivity contribution is 5.19. The maximum absolute atomic E-state index is 11.7. The van der Waals surface area contributed by atoms with Crippen molar-refractivity contribution in [2.45, 2.75) is 20.3 Å². The summed E-state index contributed by atoms with van der Waals surface area (Å²) in [6.07, 6.45) is 2.43. The maximum Gasteiger partial charge on any atom is 0.272 e. The number of H-pyrrole nitrogens is 1. The average Bonchev–Trinajstić information content (AvgIpc) is 2.60. The minimum Gasteiger partial charge on any atom is -0.294 e. The van der Waals surface area contributed by atoms with Crippen LogP contribution in [0.1, 0.15) is 19.5 Å². The van der Waals surface area contributed by atoms with E-state index in [1.54, 1.807) is 24.4 Å². The number of nitrogens with one attached hydrogen (secondary N) is 1. The van der Waals surface area contributed by atoms with Gasteiger partial charge in [-0.15, -0.1) is 5.10 Å². The van der Waals surface area contributed by atoms with Crippen molar-refractivity contribution in [1.29, 1.82) is 0 Å². The molecule has 0 saturated carbocycles. The second kappa shape index (κ2) is 4.30. The van der Waals surface area contributed by atoms with Gasteiger partial charge in [-0.05, 0) is 24.5 Å². The van der Waals surface area contributed by atoms with Crippen molar-refractivity contribution in [2.75, 3.05) is 0 Å². The SMILES string of the molecule is CC(C)Cc1cc(=O)n(-c2cccnn2)[nH]1. The van der Waals surface area contributed by atoms with Crippen molar-refractivity contribution >= 4 is 0 Å². The fraction of sp³-hybridized carbons (Fsp3) is 0.364. The third-order valence-corrected chi connectivity index (χ3v) is 2.19. The zero-order chi connectivity index (χ0) is 11.5. The first-order chi connectivity index (χ1) is 7.66. The van der Waals surface area contributed by atoms with E-state index in [9.17, 15) is 4.79 Å². The minimum absolute atomic E-state index is 0.101. The quantitative estimate of drug-likeness (QED) is 0.840. The Morgan fingerprint density at radius 3 is 2.94 bits per heavy atom. The van der Waals surface area contributed by atoms with E-state index in [4.69, 9.17) is 0 Å². The third kappa shape index (κ3) is 2.18. The fourth-order valence-electron chi connectivity index (χ4n) is 1.57. The molecular weight excluding hydrogens is 204 g/mol. The van der Waals surface area contributed by atoms with Gasteiger partial charge in [-0.2, -0.15) is 9.78 Å². The van der Waals surface area contributed by atoms with Crippen LogP contribution in [0.5, 0.6) is 0 Å². The Morgan fingerprint density at radius 2 is 2.31 bits per heavy atom. The fourth-order valence-corrected chi connectivity index (χ4v) is 1.57. The van der Waals surface area contributed by atoms with Crippen molar-refractivity contribution < 1.29 is 0 Å². The molecule has 0 aromatic carbocycles. The molecule has 84 valence electrons. The molecule has 0 bridgehead atoms. The van der Waals surface area contributed by atoms with Gasteiger partial charge in [0.1, 0.15) is 0 Å². The number of hydrogen-bond acceptors (Lipinski definition) is 3.